The van der Waals surface area contributed by atoms with Crippen molar-refractivity contribution in [2.45, 2.75) is 26.8 Å². The lowest BCUT2D eigenvalue weighted by atomic mass is 10.0. The Hall–Kier alpha value is -2.61. The van der Waals surface area contributed by atoms with Gasteiger partial charge < -0.3 is 19.7 Å². The van der Waals surface area contributed by atoms with E-state index in [1.54, 1.807) is 24.4 Å². The molecule has 0 radical (unpaired) electrons. The minimum Gasteiger partial charge on any atom is -0.490 e. The van der Waals surface area contributed by atoms with E-state index in [-0.39, 0.29) is 23.8 Å². The molecule has 1 N–H and O–H groups in total. The van der Waals surface area contributed by atoms with Crippen molar-refractivity contribution in [3.05, 3.63) is 29.7 Å². The molecule has 0 aromatic carbocycles. The fraction of sp³-hybridized carbons (Fsp3) is 0.526. The zero-order valence-electron chi connectivity index (χ0n) is 16.2. The Bertz CT molecular complexity index is 848. The highest BCUT2D eigenvalue weighted by Crippen LogP contribution is 2.23. The predicted octanol–water partition coefficient (Wildman–Crippen LogP) is 1.26. The largest absolute Gasteiger partial charge is 0.490 e. The molecule has 8 nitrogen and oxygen atoms in total. The number of fused-ring (bicyclic) bond motifs is 1. The third-order valence-corrected chi connectivity index (χ3v) is 4.71. The number of aryl methyl sites for hydroxylation is 1. The van der Waals surface area contributed by atoms with Crippen LogP contribution in [0.2, 0.25) is 0 Å². The number of carbonyl (C=O) groups excluding carboxylic acids is 2. The molecular weight excluding hydrogens is 348 g/mol. The van der Waals surface area contributed by atoms with Crippen molar-refractivity contribution in [1.29, 1.82) is 0 Å². The number of amides is 1. The van der Waals surface area contributed by atoms with Crippen molar-refractivity contribution in [1.82, 2.24) is 19.6 Å². The van der Waals surface area contributed by atoms with Crippen molar-refractivity contribution in [2.24, 2.45) is 5.92 Å². The van der Waals surface area contributed by atoms with E-state index in [4.69, 9.17) is 9.47 Å². The summed E-state index contributed by atoms with van der Waals surface area (Å²) < 4.78 is 12.5. The molecule has 2 aromatic heterocycles. The van der Waals surface area contributed by atoms with Crippen LogP contribution >= 0.6 is 0 Å². The Morgan fingerprint density at radius 3 is 2.78 bits per heavy atom. The molecule has 0 aliphatic carbocycles. The zero-order chi connectivity index (χ0) is 19.6. The monoisotopic (exact) mass is 374 g/mol. The van der Waals surface area contributed by atoms with Gasteiger partial charge in [-0.1, -0.05) is 0 Å². The zero-order valence-corrected chi connectivity index (χ0v) is 16.2. The van der Waals surface area contributed by atoms with Gasteiger partial charge in [0.15, 0.2) is 11.4 Å². The van der Waals surface area contributed by atoms with E-state index in [0.29, 0.717) is 49.1 Å². The van der Waals surface area contributed by atoms with Crippen molar-refractivity contribution >= 4 is 17.5 Å². The Balaban J connectivity index is 1.87. The number of carbonyl (C=O) groups is 2. The van der Waals surface area contributed by atoms with Crippen molar-refractivity contribution in [2.75, 3.05) is 33.4 Å². The predicted molar refractivity (Wildman–Crippen MR) is 100.0 cm³/mol. The second kappa shape index (κ2) is 7.96. The summed E-state index contributed by atoms with van der Waals surface area (Å²) in [5.41, 5.74) is 1.66. The van der Waals surface area contributed by atoms with E-state index >= 15 is 0 Å². The summed E-state index contributed by atoms with van der Waals surface area (Å²) in [5.74, 6) is -0.284. The van der Waals surface area contributed by atoms with Crippen molar-refractivity contribution in [3.8, 4) is 5.75 Å². The summed E-state index contributed by atoms with van der Waals surface area (Å²) in [5, 5.41) is 3.00. The van der Waals surface area contributed by atoms with Gasteiger partial charge in [0.25, 0.3) is 5.91 Å². The molecule has 3 heterocycles. The molecule has 2 aromatic rings. The number of rotatable bonds is 6. The maximum Gasteiger partial charge on any atom is 0.312 e. The Labute approximate surface area is 158 Å². The van der Waals surface area contributed by atoms with Crippen LogP contribution < -0.4 is 10.1 Å². The van der Waals surface area contributed by atoms with Crippen LogP contribution in [0.25, 0.3) is 5.65 Å². The second-order valence-corrected chi connectivity index (χ2v) is 6.70. The van der Waals surface area contributed by atoms with E-state index < -0.39 is 0 Å². The Morgan fingerprint density at radius 2 is 2.07 bits per heavy atom. The summed E-state index contributed by atoms with van der Waals surface area (Å²) in [6, 6.07) is 3.35. The normalized spacial score (nSPS) is 20.0. The molecule has 1 aliphatic rings. The molecule has 1 saturated heterocycles. The molecule has 1 fully saturated rings. The number of nitrogens with zero attached hydrogens (tertiary/aromatic N) is 3. The molecule has 27 heavy (non-hydrogen) atoms. The minimum absolute atomic E-state index is 0.261. The number of likely N-dealkylation sites (tertiary alicyclic amines) is 1. The summed E-state index contributed by atoms with van der Waals surface area (Å²) in [6.07, 6.45) is 1.79. The molecule has 146 valence electrons. The summed E-state index contributed by atoms with van der Waals surface area (Å²) in [4.78, 5) is 31.8. The average Bonchev–Trinajstić information content (AvgIpc) is 3.15. The maximum absolute atomic E-state index is 13.0. The molecule has 8 heteroatoms. The van der Waals surface area contributed by atoms with Crippen LogP contribution in [0.3, 0.4) is 0 Å². The van der Waals surface area contributed by atoms with E-state index in [0.717, 1.165) is 0 Å². The summed E-state index contributed by atoms with van der Waals surface area (Å²) in [7, 11) is 1.92. The summed E-state index contributed by atoms with van der Waals surface area (Å²) in [6.45, 7) is 7.47. The quantitative estimate of drug-likeness (QED) is 0.767. The van der Waals surface area contributed by atoms with Crippen LogP contribution in [0.1, 0.15) is 30.0 Å². The summed E-state index contributed by atoms with van der Waals surface area (Å²) >= 11 is 0. The van der Waals surface area contributed by atoms with Crippen molar-refractivity contribution in [3.63, 3.8) is 0 Å². The number of nitrogens with one attached hydrogen (secondary N) is 1. The minimum atomic E-state index is -0.377. The Morgan fingerprint density at radius 1 is 1.30 bits per heavy atom. The van der Waals surface area contributed by atoms with Crippen LogP contribution in [-0.4, -0.2) is 65.6 Å². The Kier molecular flexibility index (Phi) is 5.65. The standard InChI is InChI=1S/C19H26N4O4/c1-5-26-15-8-7-9-23-16(12(3)20-17(15)23)18(24)21-14-11-22(4)10-13(14)19(25)27-6-2/h7-9,13-14H,5-6,10-11H2,1-4H3,(H,21,24). The maximum atomic E-state index is 13.0. The molecule has 0 bridgehead atoms. The highest BCUT2D eigenvalue weighted by Gasteiger charge is 2.38. The number of esters is 1. The molecule has 0 saturated carbocycles. The topological polar surface area (TPSA) is 85.2 Å². The van der Waals surface area contributed by atoms with E-state index in [2.05, 4.69) is 10.3 Å². The first-order valence-electron chi connectivity index (χ1n) is 9.22. The van der Waals surface area contributed by atoms with Gasteiger partial charge in [-0.3, -0.25) is 14.0 Å². The van der Waals surface area contributed by atoms with Gasteiger partial charge in [0, 0.05) is 19.3 Å². The fourth-order valence-electron chi connectivity index (χ4n) is 3.57. The van der Waals surface area contributed by atoms with Crippen LogP contribution in [0.4, 0.5) is 0 Å². The van der Waals surface area contributed by atoms with E-state index in [1.165, 1.54) is 0 Å². The first-order chi connectivity index (χ1) is 13.0. The SMILES string of the molecule is CCOC(=O)C1CN(C)CC1NC(=O)c1c(C)nc2c(OCC)cccn12. The lowest BCUT2D eigenvalue weighted by Crippen LogP contribution is -2.44. The number of hydrogen-bond donors (Lipinski definition) is 1. The first-order valence-corrected chi connectivity index (χ1v) is 9.22. The number of imidazole rings is 1. The van der Waals surface area contributed by atoms with Gasteiger partial charge in [-0.15, -0.1) is 0 Å². The van der Waals surface area contributed by atoms with Crippen LogP contribution in [0.15, 0.2) is 18.3 Å². The van der Waals surface area contributed by atoms with Crippen LogP contribution in [0.5, 0.6) is 5.75 Å². The lowest BCUT2D eigenvalue weighted by molar-refractivity contribution is -0.148. The van der Waals surface area contributed by atoms with Gasteiger partial charge in [-0.2, -0.15) is 0 Å². The third kappa shape index (κ3) is 3.75. The van der Waals surface area contributed by atoms with Crippen LogP contribution in [-0.2, 0) is 9.53 Å². The highest BCUT2D eigenvalue weighted by atomic mass is 16.5. The van der Waals surface area contributed by atoms with Gasteiger partial charge >= 0.3 is 5.97 Å². The highest BCUT2D eigenvalue weighted by molar-refractivity contribution is 5.95. The first kappa shape index (κ1) is 19.2. The second-order valence-electron chi connectivity index (χ2n) is 6.70. The third-order valence-electron chi connectivity index (χ3n) is 4.71. The van der Waals surface area contributed by atoms with Gasteiger partial charge in [0.05, 0.1) is 30.9 Å². The fourth-order valence-corrected chi connectivity index (χ4v) is 3.57. The number of aromatic nitrogens is 2. The molecular formula is C19H26N4O4. The number of ether oxygens (including phenoxy) is 2. The molecule has 3 rings (SSSR count). The molecule has 2 unspecified atom stereocenters. The lowest BCUT2D eigenvalue weighted by Gasteiger charge is -2.18. The number of hydrogen-bond acceptors (Lipinski definition) is 6. The van der Waals surface area contributed by atoms with Gasteiger partial charge in [-0.25, -0.2) is 4.98 Å². The number of likely N-dealkylation sites (N-methyl/N-ethyl adjacent to an activating group) is 1. The van der Waals surface area contributed by atoms with Gasteiger partial charge in [-0.05, 0) is 40.0 Å². The smallest absolute Gasteiger partial charge is 0.312 e. The van der Waals surface area contributed by atoms with E-state index in [1.807, 2.05) is 31.0 Å². The molecule has 0 spiro atoms. The molecule has 2 atom stereocenters. The molecule has 1 aliphatic heterocycles. The van der Waals surface area contributed by atoms with Gasteiger partial charge in [0.1, 0.15) is 5.69 Å². The number of pyridine rings is 1. The molecule has 1 amide bonds. The average molecular weight is 374 g/mol. The van der Waals surface area contributed by atoms with Crippen molar-refractivity contribution < 1.29 is 19.1 Å². The van der Waals surface area contributed by atoms with E-state index in [9.17, 15) is 9.59 Å². The van der Waals surface area contributed by atoms with Gasteiger partial charge in [0.2, 0.25) is 0 Å². The van der Waals surface area contributed by atoms with Crippen LogP contribution in [0, 0.1) is 12.8 Å².